The molecule has 0 unspecified atom stereocenters. The summed E-state index contributed by atoms with van der Waals surface area (Å²) in [7, 11) is 2.07. The van der Waals surface area contributed by atoms with E-state index in [1.807, 2.05) is 38.1 Å². The predicted octanol–water partition coefficient (Wildman–Crippen LogP) is 5.30. The molecule has 36 heavy (non-hydrogen) atoms. The molecule has 1 amide bonds. The van der Waals surface area contributed by atoms with Gasteiger partial charge in [0.05, 0.1) is 23.6 Å². The molecule has 2 N–H and O–H groups in total. The molecule has 6 rings (SSSR count). The summed E-state index contributed by atoms with van der Waals surface area (Å²) in [5.41, 5.74) is 4.17. The van der Waals surface area contributed by atoms with Crippen molar-refractivity contribution in [3.05, 3.63) is 48.4 Å². The van der Waals surface area contributed by atoms with E-state index in [0.717, 1.165) is 55.7 Å². The van der Waals surface area contributed by atoms with Gasteiger partial charge in [0.25, 0.3) is 0 Å². The number of para-hydroxylation sites is 1. The second-order valence-electron chi connectivity index (χ2n) is 11.8. The number of nitrogens with zero attached hydrogens (tertiary/aromatic N) is 4. The van der Waals surface area contributed by atoms with E-state index >= 15 is 0 Å². The highest BCUT2D eigenvalue weighted by molar-refractivity contribution is 6.16. The van der Waals surface area contributed by atoms with Gasteiger partial charge < -0.3 is 29.0 Å². The van der Waals surface area contributed by atoms with Gasteiger partial charge in [-0.1, -0.05) is 18.2 Å². The molecule has 1 spiro atoms. The summed E-state index contributed by atoms with van der Waals surface area (Å²) in [5, 5.41) is 10.2. The number of H-pyrrole nitrogens is 1. The van der Waals surface area contributed by atoms with Gasteiger partial charge in [0.2, 0.25) is 0 Å². The lowest BCUT2D eigenvalue weighted by Crippen LogP contribution is -2.59. The Balaban J connectivity index is 1.19. The molecule has 2 fully saturated rings. The van der Waals surface area contributed by atoms with Gasteiger partial charge in [0.1, 0.15) is 11.4 Å². The second kappa shape index (κ2) is 8.05. The van der Waals surface area contributed by atoms with Gasteiger partial charge in [-0.2, -0.15) is 0 Å². The maximum absolute atomic E-state index is 12.5. The Bertz CT molecular complexity index is 1320. The number of aromatic nitrogens is 2. The predicted molar refractivity (Wildman–Crippen MR) is 143 cm³/mol. The first-order valence-corrected chi connectivity index (χ1v) is 13.0. The van der Waals surface area contributed by atoms with E-state index in [1.165, 1.54) is 10.9 Å². The van der Waals surface area contributed by atoms with Gasteiger partial charge in [-0.3, -0.25) is 5.41 Å². The Morgan fingerprint density at radius 1 is 1.11 bits per heavy atom. The zero-order valence-corrected chi connectivity index (χ0v) is 21.7. The first-order valence-electron chi connectivity index (χ1n) is 13.0. The molecule has 8 nitrogen and oxygen atoms in total. The number of carbonyl (C=O) groups excluding carboxylic acids is 1. The lowest BCUT2D eigenvalue weighted by atomic mass is 9.60. The largest absolute Gasteiger partial charge is 0.444 e. The summed E-state index contributed by atoms with van der Waals surface area (Å²) >= 11 is 0. The van der Waals surface area contributed by atoms with Gasteiger partial charge in [0.15, 0.2) is 0 Å². The fourth-order valence-corrected chi connectivity index (χ4v) is 6.33. The maximum Gasteiger partial charge on any atom is 0.410 e. The first kappa shape index (κ1) is 23.0. The van der Waals surface area contributed by atoms with Crippen molar-refractivity contribution in [3.63, 3.8) is 0 Å². The highest BCUT2D eigenvalue weighted by Crippen LogP contribution is 2.52. The number of amides is 1. The molecule has 1 aliphatic carbocycles. The van der Waals surface area contributed by atoms with Crippen LogP contribution in [-0.2, 0) is 11.8 Å². The van der Waals surface area contributed by atoms with Crippen LogP contribution in [0.15, 0.2) is 42.9 Å². The quantitative estimate of drug-likeness (QED) is 0.513. The zero-order chi connectivity index (χ0) is 25.2. The SMILES string of the molecule is Cn1cc(N2CN(C3CC4(CCN(C(=O)OC(C)(C)C)CC4)C3)c3c[nH]cc3C2=N)c2ccccc21. The summed E-state index contributed by atoms with van der Waals surface area (Å²) in [5.74, 6) is 0.540. The van der Waals surface area contributed by atoms with Crippen LogP contribution in [0.2, 0.25) is 0 Å². The van der Waals surface area contributed by atoms with Crippen LogP contribution in [-0.4, -0.2) is 57.8 Å². The molecular weight excluding hydrogens is 452 g/mol. The van der Waals surface area contributed by atoms with E-state index in [9.17, 15) is 4.79 Å². The number of aryl methyl sites for hydroxylation is 1. The molecule has 0 atom stereocenters. The van der Waals surface area contributed by atoms with E-state index in [2.05, 4.69) is 56.9 Å². The molecular formula is C28H36N6O2. The van der Waals surface area contributed by atoms with Crippen LogP contribution in [0.1, 0.15) is 52.0 Å². The number of amidine groups is 1. The minimum absolute atomic E-state index is 0.189. The molecule has 1 aromatic carbocycles. The third-order valence-electron chi connectivity index (χ3n) is 8.27. The van der Waals surface area contributed by atoms with E-state index in [4.69, 9.17) is 10.1 Å². The number of benzene rings is 1. The van der Waals surface area contributed by atoms with Crippen molar-refractivity contribution in [1.82, 2.24) is 14.5 Å². The molecule has 3 aliphatic rings. The molecule has 2 aliphatic heterocycles. The van der Waals surface area contributed by atoms with Gasteiger partial charge in [-0.15, -0.1) is 0 Å². The molecule has 4 heterocycles. The smallest absolute Gasteiger partial charge is 0.410 e. The highest BCUT2D eigenvalue weighted by Gasteiger charge is 2.50. The van der Waals surface area contributed by atoms with E-state index in [0.29, 0.717) is 24.0 Å². The molecule has 3 aromatic rings. The monoisotopic (exact) mass is 488 g/mol. The van der Waals surface area contributed by atoms with E-state index < -0.39 is 5.60 Å². The average molecular weight is 489 g/mol. The zero-order valence-electron chi connectivity index (χ0n) is 21.7. The van der Waals surface area contributed by atoms with Crippen LogP contribution >= 0.6 is 0 Å². The third kappa shape index (κ3) is 3.74. The number of nitrogens with one attached hydrogen (secondary N) is 2. The molecule has 0 radical (unpaired) electrons. The maximum atomic E-state index is 12.5. The van der Waals surface area contributed by atoms with Crippen molar-refractivity contribution in [2.45, 2.75) is 58.1 Å². The number of ether oxygens (including phenoxy) is 1. The molecule has 8 heteroatoms. The summed E-state index contributed by atoms with van der Waals surface area (Å²) in [6, 6.07) is 8.83. The number of fused-ring (bicyclic) bond motifs is 2. The van der Waals surface area contributed by atoms with Crippen LogP contribution in [0.25, 0.3) is 10.9 Å². The average Bonchev–Trinajstić information content (AvgIpc) is 3.43. The standard InChI is InChI=1S/C28H36N6O2/c1-27(2,3)36-26(35)32-11-9-28(10-12-32)13-19(14-28)33-18-34(25(29)21-15-30-16-23(21)33)24-17-31(4)22-8-6-5-7-20(22)24/h5-8,15-17,19,29-30H,9-14,18H2,1-4H3. The first-order chi connectivity index (χ1) is 17.1. The fourth-order valence-electron chi connectivity index (χ4n) is 6.33. The molecule has 0 bridgehead atoms. The minimum Gasteiger partial charge on any atom is -0.444 e. The summed E-state index contributed by atoms with van der Waals surface area (Å²) in [4.78, 5) is 22.3. The van der Waals surface area contributed by atoms with Crippen molar-refractivity contribution in [2.24, 2.45) is 12.5 Å². The second-order valence-corrected chi connectivity index (χ2v) is 11.8. The lowest BCUT2D eigenvalue weighted by Gasteiger charge is -2.56. The number of carbonyl (C=O) groups is 1. The van der Waals surface area contributed by atoms with E-state index in [1.54, 1.807) is 0 Å². The van der Waals surface area contributed by atoms with Crippen molar-refractivity contribution in [1.29, 1.82) is 5.41 Å². The number of likely N-dealkylation sites (tertiary alicyclic amines) is 1. The number of anilines is 2. The van der Waals surface area contributed by atoms with Crippen molar-refractivity contribution in [2.75, 3.05) is 29.6 Å². The van der Waals surface area contributed by atoms with Crippen LogP contribution in [0, 0.1) is 10.8 Å². The Morgan fingerprint density at radius 2 is 1.83 bits per heavy atom. The Morgan fingerprint density at radius 3 is 2.56 bits per heavy atom. The lowest BCUT2D eigenvalue weighted by molar-refractivity contribution is -0.0120. The van der Waals surface area contributed by atoms with Crippen LogP contribution < -0.4 is 9.80 Å². The van der Waals surface area contributed by atoms with Crippen molar-refractivity contribution < 1.29 is 9.53 Å². The summed E-state index contributed by atoms with van der Waals surface area (Å²) in [6.45, 7) is 7.96. The number of hydrogen-bond donors (Lipinski definition) is 2. The number of hydrogen-bond acceptors (Lipinski definition) is 4. The number of piperidine rings is 1. The van der Waals surface area contributed by atoms with Crippen molar-refractivity contribution >= 4 is 34.2 Å². The molecule has 1 saturated heterocycles. The fraction of sp³-hybridized carbons (Fsp3) is 0.500. The number of rotatable bonds is 2. The summed E-state index contributed by atoms with van der Waals surface area (Å²) < 4.78 is 7.73. The normalized spacial score (nSPS) is 20.1. The van der Waals surface area contributed by atoms with Gasteiger partial charge in [0, 0.05) is 55.7 Å². The molecule has 1 saturated carbocycles. The Hall–Kier alpha value is -3.42. The van der Waals surface area contributed by atoms with Crippen LogP contribution in [0.4, 0.5) is 16.2 Å². The molecule has 190 valence electrons. The molecule has 2 aromatic heterocycles. The van der Waals surface area contributed by atoms with Gasteiger partial charge >= 0.3 is 6.09 Å². The number of aromatic amines is 1. The minimum atomic E-state index is -0.458. The topological polar surface area (TPSA) is 80.6 Å². The van der Waals surface area contributed by atoms with Gasteiger partial charge in [-0.25, -0.2) is 4.79 Å². The van der Waals surface area contributed by atoms with E-state index in [-0.39, 0.29) is 6.09 Å². The van der Waals surface area contributed by atoms with Crippen molar-refractivity contribution in [3.8, 4) is 0 Å². The Kier molecular flexibility index (Phi) is 5.14. The Labute approximate surface area is 212 Å². The highest BCUT2D eigenvalue weighted by atomic mass is 16.6. The third-order valence-corrected chi connectivity index (χ3v) is 8.27. The van der Waals surface area contributed by atoms with Gasteiger partial charge in [-0.05, 0) is 57.9 Å². The van der Waals surface area contributed by atoms with Crippen LogP contribution in [0.5, 0.6) is 0 Å². The summed E-state index contributed by atoms with van der Waals surface area (Å²) in [6.07, 6.45) is 10.2. The van der Waals surface area contributed by atoms with Crippen LogP contribution in [0.3, 0.4) is 0 Å².